The van der Waals surface area contributed by atoms with Gasteiger partial charge in [0, 0.05) is 7.14 Å². The van der Waals surface area contributed by atoms with Crippen molar-refractivity contribution in [2.75, 3.05) is 0 Å². The quantitative estimate of drug-likeness (QED) is 0.227. The van der Waals surface area contributed by atoms with Crippen molar-refractivity contribution in [2.24, 2.45) is 0 Å². The zero-order valence-corrected chi connectivity index (χ0v) is 24.8. The average Bonchev–Trinajstić information content (AvgIpc) is 2.82. The van der Waals surface area contributed by atoms with Crippen LogP contribution in [0.1, 0.15) is 37.2 Å². The molecule has 0 aliphatic rings. The molecule has 0 bridgehead atoms. The lowest BCUT2D eigenvalue weighted by atomic mass is 10.1. The second kappa shape index (κ2) is 11.9. The van der Waals surface area contributed by atoms with Gasteiger partial charge in [0.15, 0.2) is 7.14 Å². The third-order valence-electron chi connectivity index (χ3n) is 5.15. The second-order valence-electron chi connectivity index (χ2n) is 7.63. The number of halogens is 3. The van der Waals surface area contributed by atoms with E-state index >= 15 is 0 Å². The van der Waals surface area contributed by atoms with E-state index in [4.69, 9.17) is 9.47 Å². The van der Waals surface area contributed by atoms with Gasteiger partial charge < -0.3 is 9.47 Å². The van der Waals surface area contributed by atoms with Gasteiger partial charge in [0.2, 0.25) is 0 Å². The molecule has 4 rings (SSSR count). The molecule has 0 radical (unpaired) electrons. The molecule has 0 fully saturated rings. The van der Waals surface area contributed by atoms with Gasteiger partial charge in [-0.05, 0) is 143 Å². The Bertz CT molecular complexity index is 1060. The van der Waals surface area contributed by atoms with Crippen molar-refractivity contribution in [3.05, 3.63) is 122 Å². The van der Waals surface area contributed by atoms with Crippen LogP contribution in [0, 0.1) is 14.3 Å². The van der Waals surface area contributed by atoms with Crippen LogP contribution in [0.3, 0.4) is 0 Å². The monoisotopic (exact) mass is 773 g/mol. The van der Waals surface area contributed by atoms with Gasteiger partial charge in [-0.25, -0.2) is 0 Å². The van der Waals surface area contributed by atoms with Crippen molar-refractivity contribution in [3.63, 3.8) is 0 Å². The molecule has 0 amide bonds. The van der Waals surface area contributed by atoms with Gasteiger partial charge in [-0.15, -0.1) is 0 Å². The first kappa shape index (κ1) is 24.8. The summed E-state index contributed by atoms with van der Waals surface area (Å²) in [4.78, 5) is 0. The molecule has 2 unspecified atom stereocenters. The van der Waals surface area contributed by atoms with Crippen molar-refractivity contribution in [1.29, 1.82) is 0 Å². The van der Waals surface area contributed by atoms with Crippen LogP contribution in [-0.4, -0.2) is 0 Å². The topological polar surface area (TPSA) is 18.5 Å². The molecule has 4 aromatic carbocycles. The van der Waals surface area contributed by atoms with E-state index in [1.807, 2.05) is 0 Å². The summed E-state index contributed by atoms with van der Waals surface area (Å²) in [6.45, 7) is 4.18. The van der Waals surface area contributed by atoms with Crippen LogP contribution in [0.25, 0.3) is 0 Å². The van der Waals surface area contributed by atoms with E-state index in [2.05, 4.69) is 156 Å². The number of hydrogen-bond acceptors (Lipinski definition) is 2. The highest BCUT2D eigenvalue weighted by molar-refractivity contribution is 14.1. The Morgan fingerprint density at radius 3 is 1.18 bits per heavy atom. The van der Waals surface area contributed by atoms with Crippen LogP contribution < -0.4 is 30.7 Å². The van der Waals surface area contributed by atoms with Gasteiger partial charge >= 0.3 is 21.2 Å². The molecule has 0 N–H and O–H groups in total. The highest BCUT2D eigenvalue weighted by atomic mass is 127. The maximum absolute atomic E-state index is 6.13. The standard InChI is InChI=1S/C28H24I3O2/c1-19(21-3-7-23(29)8-4-21)32-27-15-11-25(12-16-27)31-26-13-17-28(18-14-26)33-20(2)22-5-9-24(30)10-6-22/h3-20H,1-2H3/q+1. The van der Waals surface area contributed by atoms with Crippen molar-refractivity contribution in [1.82, 2.24) is 0 Å². The predicted molar refractivity (Wildman–Crippen MR) is 147 cm³/mol. The number of benzene rings is 4. The van der Waals surface area contributed by atoms with E-state index in [1.54, 1.807) is 0 Å². The van der Waals surface area contributed by atoms with Crippen molar-refractivity contribution in [3.8, 4) is 11.5 Å². The Kier molecular flexibility index (Phi) is 8.92. The van der Waals surface area contributed by atoms with Gasteiger partial charge in [-0.1, -0.05) is 24.3 Å². The maximum Gasteiger partial charge on any atom is 0.357 e. The first-order chi connectivity index (χ1) is 16.0. The molecule has 5 heteroatoms. The molecule has 0 aliphatic carbocycles. The smallest absolute Gasteiger partial charge is 0.357 e. The Morgan fingerprint density at radius 2 is 0.848 bits per heavy atom. The number of rotatable bonds is 8. The Morgan fingerprint density at radius 1 is 0.515 bits per heavy atom. The summed E-state index contributed by atoms with van der Waals surface area (Å²) in [6.07, 6.45) is 0.0500. The fourth-order valence-electron chi connectivity index (χ4n) is 3.29. The van der Waals surface area contributed by atoms with Crippen LogP contribution in [0.15, 0.2) is 97.1 Å². The molecule has 0 saturated carbocycles. The first-order valence-corrected chi connectivity index (χ1v) is 15.0. The van der Waals surface area contributed by atoms with Crippen LogP contribution in [-0.2, 0) is 0 Å². The Balaban J connectivity index is 1.32. The molecule has 2 atom stereocenters. The van der Waals surface area contributed by atoms with Crippen molar-refractivity contribution >= 4 is 45.2 Å². The minimum Gasteiger partial charge on any atom is -0.486 e. The largest absolute Gasteiger partial charge is 0.486 e. The summed E-state index contributed by atoms with van der Waals surface area (Å²) < 4.78 is 17.5. The van der Waals surface area contributed by atoms with E-state index in [0.29, 0.717) is 0 Å². The van der Waals surface area contributed by atoms with E-state index in [9.17, 15) is 0 Å². The zero-order valence-electron chi connectivity index (χ0n) is 18.3. The highest BCUT2D eigenvalue weighted by Gasteiger charge is 2.17. The molecule has 4 aromatic rings. The van der Waals surface area contributed by atoms with Crippen LogP contribution in [0.4, 0.5) is 0 Å². The second-order valence-corrected chi connectivity index (χ2v) is 13.1. The average molecular weight is 773 g/mol. The highest BCUT2D eigenvalue weighted by Crippen LogP contribution is 2.23. The van der Waals surface area contributed by atoms with E-state index < -0.39 is 0 Å². The summed E-state index contributed by atoms with van der Waals surface area (Å²) >= 11 is 4.39. The third-order valence-corrected chi connectivity index (χ3v) is 9.27. The lowest BCUT2D eigenvalue weighted by Crippen LogP contribution is -3.61. The molecule has 0 spiro atoms. The fraction of sp³-hybridized carbons (Fsp3) is 0.143. The molecule has 0 heterocycles. The zero-order chi connectivity index (χ0) is 23.2. The minimum atomic E-state index is -0.248. The number of hydrogen-bond donors (Lipinski definition) is 0. The summed E-state index contributed by atoms with van der Waals surface area (Å²) in [7, 11) is 0. The molecule has 0 aliphatic heterocycles. The first-order valence-electron chi connectivity index (χ1n) is 10.7. The molecular weight excluding hydrogens is 749 g/mol. The van der Waals surface area contributed by atoms with E-state index in [1.165, 1.54) is 25.4 Å². The molecule has 2 nitrogen and oxygen atoms in total. The van der Waals surface area contributed by atoms with Crippen LogP contribution >= 0.6 is 45.2 Å². The van der Waals surface area contributed by atoms with E-state index in [0.717, 1.165) is 11.5 Å². The fourth-order valence-corrected chi connectivity index (χ4v) is 6.17. The lowest BCUT2D eigenvalue weighted by Gasteiger charge is -2.15. The molecule has 33 heavy (non-hydrogen) atoms. The normalized spacial score (nSPS) is 12.7. The SMILES string of the molecule is CC(Oc1ccc([I+]c2ccc(OC(C)c3ccc(I)cc3)cc2)cc1)c1ccc(I)cc1. The van der Waals surface area contributed by atoms with Gasteiger partial charge in [0.25, 0.3) is 0 Å². The molecule has 0 saturated heterocycles. The lowest BCUT2D eigenvalue weighted by molar-refractivity contribution is -0.597. The van der Waals surface area contributed by atoms with Gasteiger partial charge in [-0.2, -0.15) is 0 Å². The van der Waals surface area contributed by atoms with Crippen molar-refractivity contribution in [2.45, 2.75) is 26.1 Å². The minimum absolute atomic E-state index is 0.0250. The summed E-state index contributed by atoms with van der Waals surface area (Å²) in [5, 5.41) is 0. The molecular formula is C28H24I3O2+. The summed E-state index contributed by atoms with van der Waals surface area (Å²) in [5.74, 6) is 1.81. The Labute approximate surface area is 233 Å². The predicted octanol–water partition coefficient (Wildman–Crippen LogP) is 5.30. The van der Waals surface area contributed by atoms with Crippen molar-refractivity contribution < 1.29 is 30.7 Å². The maximum atomic E-state index is 6.13. The van der Waals surface area contributed by atoms with Gasteiger partial charge in [-0.3, -0.25) is 0 Å². The molecule has 168 valence electrons. The third kappa shape index (κ3) is 7.32. The number of ether oxygens (including phenoxy) is 2. The van der Waals surface area contributed by atoms with Gasteiger partial charge in [0.1, 0.15) is 23.7 Å². The molecule has 0 aromatic heterocycles. The van der Waals surface area contributed by atoms with E-state index in [-0.39, 0.29) is 33.4 Å². The van der Waals surface area contributed by atoms with Crippen LogP contribution in [0.5, 0.6) is 11.5 Å². The summed E-state index contributed by atoms with van der Waals surface area (Å²) in [6, 6.07) is 34.0. The van der Waals surface area contributed by atoms with Crippen LogP contribution in [0.2, 0.25) is 0 Å². The Hall–Kier alpha value is -1.33. The van der Waals surface area contributed by atoms with Gasteiger partial charge in [0.05, 0.1) is 0 Å². The summed E-state index contributed by atoms with van der Waals surface area (Å²) in [5.41, 5.74) is 2.37.